The number of amides is 4. The van der Waals surface area contributed by atoms with Crippen LogP contribution in [0.4, 0.5) is 8.78 Å². The van der Waals surface area contributed by atoms with Crippen molar-refractivity contribution in [2.24, 2.45) is 0 Å². The Balaban J connectivity index is 0.000000189. The largest absolute Gasteiger partial charge is 0.505 e. The number of aromatic nitrogens is 2. The molecule has 0 saturated heterocycles. The molecule has 63 heavy (non-hydrogen) atoms. The summed E-state index contributed by atoms with van der Waals surface area (Å²) in [5.41, 5.74) is 6.79. The number of nitrogens with one attached hydrogen (secondary N) is 2. The molecule has 0 fully saturated rings. The molecule has 8 rings (SSSR count). The average molecular weight is 861 g/mol. The molecule has 2 aromatic heterocycles. The van der Waals surface area contributed by atoms with Crippen molar-refractivity contribution in [3.8, 4) is 11.5 Å². The number of carbonyl (C=O) groups is 4. The van der Waals surface area contributed by atoms with E-state index in [1.54, 1.807) is 57.7 Å². The Labute approximate surface area is 360 Å². The Morgan fingerprint density at radius 3 is 1.51 bits per heavy atom. The van der Waals surface area contributed by atoms with Crippen LogP contribution in [0.15, 0.2) is 73.1 Å². The number of hydrogen-bond acceptors (Lipinski definition) is 10. The fraction of sp³-hybridized carbons (Fsp3) is 0.277. The zero-order valence-electron chi connectivity index (χ0n) is 34.8. The fourth-order valence-corrected chi connectivity index (χ4v) is 7.99. The number of halogens is 2. The summed E-state index contributed by atoms with van der Waals surface area (Å²) >= 11 is 0. The highest BCUT2D eigenvalue weighted by Gasteiger charge is 2.35. The lowest BCUT2D eigenvalue weighted by Gasteiger charge is -2.15. The molecule has 6 N–H and O–H groups in total. The highest BCUT2D eigenvalue weighted by molar-refractivity contribution is 6.09. The number of phenolic OH excluding ortho intramolecular Hbond substituents is 2. The van der Waals surface area contributed by atoms with Gasteiger partial charge in [-0.3, -0.25) is 29.1 Å². The molecule has 1 atom stereocenters. The molecular weight excluding hydrogens is 815 g/mol. The van der Waals surface area contributed by atoms with Gasteiger partial charge in [-0.25, -0.2) is 8.78 Å². The zero-order valence-corrected chi connectivity index (χ0v) is 34.8. The summed E-state index contributed by atoms with van der Waals surface area (Å²) in [6, 6.07) is 16.0. The Kier molecular flexibility index (Phi) is 12.9. The molecule has 0 aliphatic carbocycles. The van der Waals surface area contributed by atoms with Gasteiger partial charge in [0.25, 0.3) is 11.8 Å². The van der Waals surface area contributed by atoms with Gasteiger partial charge in [-0.1, -0.05) is 24.3 Å². The van der Waals surface area contributed by atoms with Gasteiger partial charge in [0, 0.05) is 63.4 Å². The molecule has 0 spiro atoms. The fourth-order valence-electron chi connectivity index (χ4n) is 7.99. The van der Waals surface area contributed by atoms with Crippen LogP contribution in [0.3, 0.4) is 0 Å². The topological polar surface area (TPSA) is 206 Å². The molecule has 6 aromatic rings. The number of pyridine rings is 2. The van der Waals surface area contributed by atoms with Crippen LogP contribution in [0, 0.1) is 11.6 Å². The maximum absolute atomic E-state index is 13.2. The van der Waals surface area contributed by atoms with Crippen LogP contribution in [0.5, 0.6) is 11.5 Å². The number of fused-ring (bicyclic) bond motifs is 4. The second kappa shape index (κ2) is 18.5. The van der Waals surface area contributed by atoms with Gasteiger partial charge in [0.2, 0.25) is 11.8 Å². The molecule has 4 heterocycles. The predicted octanol–water partition coefficient (Wildman–Crippen LogP) is 4.20. The van der Waals surface area contributed by atoms with Crippen LogP contribution in [-0.4, -0.2) is 104 Å². The molecule has 16 heteroatoms. The van der Waals surface area contributed by atoms with E-state index >= 15 is 0 Å². The quantitative estimate of drug-likeness (QED) is 0.104. The number of aliphatic hydroxyl groups is 2. The van der Waals surface area contributed by atoms with Crippen molar-refractivity contribution in [2.75, 3.05) is 33.8 Å². The van der Waals surface area contributed by atoms with Crippen molar-refractivity contribution in [1.29, 1.82) is 0 Å². The van der Waals surface area contributed by atoms with E-state index < -0.39 is 6.10 Å². The summed E-state index contributed by atoms with van der Waals surface area (Å²) in [5.74, 6) is -2.24. The van der Waals surface area contributed by atoms with Crippen LogP contribution in [0.2, 0.25) is 0 Å². The van der Waals surface area contributed by atoms with Crippen LogP contribution in [0.1, 0.15) is 72.1 Å². The highest BCUT2D eigenvalue weighted by Crippen LogP contribution is 2.41. The first-order chi connectivity index (χ1) is 30.1. The summed E-state index contributed by atoms with van der Waals surface area (Å²) in [6.45, 7) is 2.20. The molecule has 0 bridgehead atoms. The molecule has 2 aliphatic heterocycles. The van der Waals surface area contributed by atoms with Gasteiger partial charge < -0.3 is 40.9 Å². The van der Waals surface area contributed by atoms with Crippen LogP contribution in [-0.2, 0) is 48.4 Å². The normalized spacial score (nSPS) is 13.5. The van der Waals surface area contributed by atoms with Crippen LogP contribution >= 0.6 is 0 Å². The van der Waals surface area contributed by atoms with Gasteiger partial charge in [0.1, 0.15) is 22.7 Å². The Hall–Kier alpha value is -7.04. The zero-order chi connectivity index (χ0) is 45.1. The van der Waals surface area contributed by atoms with E-state index in [0.29, 0.717) is 45.9 Å². The van der Waals surface area contributed by atoms with E-state index in [1.165, 1.54) is 34.1 Å². The molecule has 14 nitrogen and oxygen atoms in total. The first kappa shape index (κ1) is 44.0. The van der Waals surface area contributed by atoms with E-state index in [2.05, 4.69) is 20.6 Å². The number of phenols is 2. The van der Waals surface area contributed by atoms with E-state index in [9.17, 15) is 43.3 Å². The minimum atomic E-state index is -0.682. The lowest BCUT2D eigenvalue weighted by atomic mass is 9.93. The van der Waals surface area contributed by atoms with E-state index in [0.717, 1.165) is 22.3 Å². The molecule has 0 radical (unpaired) electrons. The van der Waals surface area contributed by atoms with Crippen molar-refractivity contribution < 1.29 is 48.4 Å². The summed E-state index contributed by atoms with van der Waals surface area (Å²) in [6.07, 6.45) is 3.49. The van der Waals surface area contributed by atoms with Crippen LogP contribution < -0.4 is 10.6 Å². The Bertz CT molecular complexity index is 2760. The van der Waals surface area contributed by atoms with Crippen molar-refractivity contribution in [1.82, 2.24) is 30.4 Å². The first-order valence-corrected chi connectivity index (χ1v) is 20.3. The Morgan fingerprint density at radius 2 is 1.11 bits per heavy atom. The van der Waals surface area contributed by atoms with Crippen molar-refractivity contribution in [3.63, 3.8) is 0 Å². The van der Waals surface area contributed by atoms with Crippen LogP contribution in [0.25, 0.3) is 21.8 Å². The molecule has 0 saturated carbocycles. The molecule has 2 aliphatic rings. The van der Waals surface area contributed by atoms with E-state index in [-0.39, 0.29) is 115 Å². The monoisotopic (exact) mass is 860 g/mol. The van der Waals surface area contributed by atoms with Crippen molar-refractivity contribution >= 4 is 45.4 Å². The van der Waals surface area contributed by atoms with E-state index in [1.807, 2.05) is 12.1 Å². The standard InChI is InChI=1S/C24H24FN3O4.C23H22FN3O4/c1-13(29)10-26-20(30)9-17-18-8-15(7-14-3-5-16(25)6-4-14)11-27-22(18)23(31)21-19(17)12-28(2)24(21)32;1-27-12-18-16(10-19(29)25-6-7-28)17-9-14(8-13-2-4-15(24)5-3-13)11-26-21(17)22(30)20(18)23(27)31/h3-6,8,11,13,29,31H,7,9-10,12H2,1-2H3,(H,26,30);2-5,9,11,28,30H,6-8,10,12H2,1H3,(H,25,29). The summed E-state index contributed by atoms with van der Waals surface area (Å²) in [7, 11) is 3.27. The number of hydrogen-bond donors (Lipinski definition) is 6. The number of carbonyl (C=O) groups excluding carboxylic acids is 4. The van der Waals surface area contributed by atoms with Gasteiger partial charge >= 0.3 is 0 Å². The SMILES string of the molecule is CC(O)CNC(=O)Cc1c2c(c(O)c3ncc(Cc4ccc(F)cc4)cc13)C(=O)N(C)C2.CN1Cc2c(c(O)c3ncc(Cc4ccc(F)cc4)cc3c2CC(=O)NCCO)C1=O. The van der Waals surface area contributed by atoms with Gasteiger partial charge in [-0.2, -0.15) is 0 Å². The smallest absolute Gasteiger partial charge is 0.258 e. The average Bonchev–Trinajstić information content (AvgIpc) is 3.73. The molecule has 1 unspecified atom stereocenters. The van der Waals surface area contributed by atoms with E-state index in [4.69, 9.17) is 5.11 Å². The number of nitrogens with zero attached hydrogens (tertiary/aromatic N) is 4. The van der Waals surface area contributed by atoms with Gasteiger partial charge in [0.05, 0.1) is 36.7 Å². The maximum atomic E-state index is 13.2. The van der Waals surface area contributed by atoms with Crippen molar-refractivity contribution in [3.05, 3.63) is 140 Å². The predicted molar refractivity (Wildman–Crippen MR) is 229 cm³/mol. The summed E-state index contributed by atoms with van der Waals surface area (Å²) in [4.78, 5) is 62.0. The number of rotatable bonds is 12. The van der Waals surface area contributed by atoms with Gasteiger partial charge in [0.15, 0.2) is 11.5 Å². The first-order valence-electron chi connectivity index (χ1n) is 20.3. The van der Waals surface area contributed by atoms with Gasteiger partial charge in [-0.15, -0.1) is 0 Å². The summed E-state index contributed by atoms with van der Waals surface area (Å²) < 4.78 is 26.4. The molecule has 326 valence electrons. The minimum Gasteiger partial charge on any atom is -0.505 e. The minimum absolute atomic E-state index is 0.0120. The third-order valence-electron chi connectivity index (χ3n) is 11.1. The molecule has 4 aromatic carbocycles. The summed E-state index contributed by atoms with van der Waals surface area (Å²) in [5, 5.41) is 46.5. The second-order valence-corrected chi connectivity index (χ2v) is 15.9. The maximum Gasteiger partial charge on any atom is 0.258 e. The van der Waals surface area contributed by atoms with Crippen molar-refractivity contribution in [2.45, 2.75) is 51.8 Å². The highest BCUT2D eigenvalue weighted by atomic mass is 19.1. The molecular formula is C47H46F2N6O8. The second-order valence-electron chi connectivity index (χ2n) is 15.9. The Morgan fingerprint density at radius 1 is 0.698 bits per heavy atom. The number of benzene rings is 4. The number of aliphatic hydroxyl groups excluding tert-OH is 2. The number of aromatic hydroxyl groups is 2. The van der Waals surface area contributed by atoms with Gasteiger partial charge in [-0.05, 0) is 101 Å². The lowest BCUT2D eigenvalue weighted by Crippen LogP contribution is -2.32. The lowest BCUT2D eigenvalue weighted by molar-refractivity contribution is -0.121. The third kappa shape index (κ3) is 9.41. The third-order valence-corrected chi connectivity index (χ3v) is 11.1. The molecule has 4 amide bonds.